The van der Waals surface area contributed by atoms with Crippen LogP contribution in [-0.2, 0) is 14.8 Å². The number of amides is 1. The lowest BCUT2D eigenvalue weighted by molar-refractivity contribution is -0.116. The monoisotopic (exact) mass is 402 g/mol. The second-order valence-corrected chi connectivity index (χ2v) is 8.77. The topological polar surface area (TPSA) is 75.7 Å². The lowest BCUT2D eigenvalue weighted by Gasteiger charge is -2.26. The Bertz CT molecular complexity index is 907. The number of hydrogen-bond acceptors (Lipinski definition) is 4. The van der Waals surface area contributed by atoms with Crippen molar-refractivity contribution < 1.29 is 17.9 Å². The maximum Gasteiger partial charge on any atom is 0.243 e. The molecular weight excluding hydrogens is 376 g/mol. The van der Waals surface area contributed by atoms with Gasteiger partial charge in [0.2, 0.25) is 15.9 Å². The van der Waals surface area contributed by atoms with Gasteiger partial charge in [0.15, 0.2) is 5.75 Å². The van der Waals surface area contributed by atoms with E-state index < -0.39 is 10.0 Å². The fourth-order valence-corrected chi connectivity index (χ4v) is 4.71. The number of ether oxygens (including phenoxy) is 1. The van der Waals surface area contributed by atoms with Crippen LogP contribution in [0.1, 0.15) is 39.0 Å². The fourth-order valence-electron chi connectivity index (χ4n) is 3.17. The highest BCUT2D eigenvalue weighted by atomic mass is 32.2. The van der Waals surface area contributed by atoms with Crippen LogP contribution in [0.5, 0.6) is 11.5 Å². The van der Waals surface area contributed by atoms with Crippen molar-refractivity contribution in [1.29, 1.82) is 0 Å². The SMILES string of the molecule is CCCC(=O)Nc1cc(S(=O)(=O)N2CCCCC2)ccc1Oc1ccccc1. The van der Waals surface area contributed by atoms with Crippen LogP contribution in [0.2, 0.25) is 0 Å². The van der Waals surface area contributed by atoms with Gasteiger partial charge in [-0.1, -0.05) is 31.5 Å². The standard InChI is InChI=1S/C21H26N2O4S/c1-2-9-21(24)22-19-16-18(28(25,26)23-14-7-4-8-15-23)12-13-20(19)27-17-10-5-3-6-11-17/h3,5-6,10-13,16H,2,4,7-9,14-15H2,1H3,(H,22,24). The van der Waals surface area contributed by atoms with Crippen molar-refractivity contribution in [1.82, 2.24) is 4.31 Å². The van der Waals surface area contributed by atoms with Crippen LogP contribution in [0.25, 0.3) is 0 Å². The number of piperidine rings is 1. The summed E-state index contributed by atoms with van der Waals surface area (Å²) in [5.74, 6) is 0.848. The molecule has 7 heteroatoms. The second kappa shape index (κ2) is 9.21. The van der Waals surface area contributed by atoms with Gasteiger partial charge >= 0.3 is 0 Å². The van der Waals surface area contributed by atoms with E-state index in [1.807, 2.05) is 25.1 Å². The highest BCUT2D eigenvalue weighted by Gasteiger charge is 2.27. The molecule has 0 aliphatic carbocycles. The summed E-state index contributed by atoms with van der Waals surface area (Å²) in [5, 5.41) is 2.80. The Labute approximate surface area is 166 Å². The minimum Gasteiger partial charge on any atom is -0.455 e. The van der Waals surface area contributed by atoms with E-state index in [4.69, 9.17) is 4.74 Å². The third kappa shape index (κ3) is 4.91. The molecule has 1 saturated heterocycles. The zero-order chi connectivity index (χ0) is 20.0. The van der Waals surface area contributed by atoms with E-state index >= 15 is 0 Å². The number of anilines is 1. The molecule has 1 amide bonds. The van der Waals surface area contributed by atoms with Crippen molar-refractivity contribution in [2.24, 2.45) is 0 Å². The quantitative estimate of drug-likeness (QED) is 0.745. The van der Waals surface area contributed by atoms with Crippen LogP contribution in [-0.4, -0.2) is 31.7 Å². The molecule has 0 spiro atoms. The van der Waals surface area contributed by atoms with E-state index in [0.29, 0.717) is 43.1 Å². The normalized spacial score (nSPS) is 15.2. The molecular formula is C21H26N2O4S. The first-order valence-corrected chi connectivity index (χ1v) is 11.1. The number of carbonyl (C=O) groups is 1. The molecule has 3 rings (SSSR count). The van der Waals surface area contributed by atoms with Crippen LogP contribution in [0.3, 0.4) is 0 Å². The van der Waals surface area contributed by atoms with Gasteiger partial charge in [-0.25, -0.2) is 8.42 Å². The molecule has 2 aromatic carbocycles. The summed E-state index contributed by atoms with van der Waals surface area (Å²) in [6.07, 6.45) is 3.84. The molecule has 150 valence electrons. The zero-order valence-corrected chi connectivity index (χ0v) is 16.9. The first-order chi connectivity index (χ1) is 13.5. The Balaban J connectivity index is 1.93. The number of para-hydroxylation sites is 1. The van der Waals surface area contributed by atoms with E-state index in [2.05, 4.69) is 5.32 Å². The molecule has 6 nitrogen and oxygen atoms in total. The van der Waals surface area contributed by atoms with Gasteiger partial charge in [0.25, 0.3) is 0 Å². The molecule has 2 aromatic rings. The summed E-state index contributed by atoms with van der Waals surface area (Å²) >= 11 is 0. The highest BCUT2D eigenvalue weighted by molar-refractivity contribution is 7.89. The van der Waals surface area contributed by atoms with Crippen molar-refractivity contribution in [3.05, 3.63) is 48.5 Å². The maximum atomic E-state index is 13.0. The van der Waals surface area contributed by atoms with E-state index in [1.54, 1.807) is 18.2 Å². The number of benzene rings is 2. The van der Waals surface area contributed by atoms with Gasteiger partial charge in [0, 0.05) is 19.5 Å². The van der Waals surface area contributed by atoms with Gasteiger partial charge in [0.1, 0.15) is 5.75 Å². The third-order valence-electron chi connectivity index (χ3n) is 4.63. The predicted octanol–water partition coefficient (Wildman–Crippen LogP) is 4.39. The molecule has 0 bridgehead atoms. The van der Waals surface area contributed by atoms with Crippen molar-refractivity contribution in [3.63, 3.8) is 0 Å². The number of carbonyl (C=O) groups excluding carboxylic acids is 1. The Morgan fingerprint density at radius 1 is 1.07 bits per heavy atom. The van der Waals surface area contributed by atoms with Gasteiger partial charge in [0.05, 0.1) is 10.6 Å². The molecule has 1 fully saturated rings. The zero-order valence-electron chi connectivity index (χ0n) is 16.1. The Morgan fingerprint density at radius 2 is 1.79 bits per heavy atom. The van der Waals surface area contributed by atoms with E-state index in [0.717, 1.165) is 19.3 Å². The summed E-state index contributed by atoms with van der Waals surface area (Å²) in [4.78, 5) is 12.3. The molecule has 1 aliphatic heterocycles. The number of rotatable bonds is 7. The number of nitrogens with zero attached hydrogens (tertiary/aromatic N) is 1. The van der Waals surface area contributed by atoms with Gasteiger partial charge in [-0.15, -0.1) is 0 Å². The predicted molar refractivity (Wildman–Crippen MR) is 109 cm³/mol. The average Bonchev–Trinajstić information content (AvgIpc) is 2.71. The average molecular weight is 403 g/mol. The lowest BCUT2D eigenvalue weighted by Crippen LogP contribution is -2.35. The summed E-state index contributed by atoms with van der Waals surface area (Å²) in [5.41, 5.74) is 0.361. The summed E-state index contributed by atoms with van der Waals surface area (Å²) in [6, 6.07) is 13.8. The molecule has 0 saturated carbocycles. The second-order valence-electron chi connectivity index (χ2n) is 6.84. The van der Waals surface area contributed by atoms with Crippen LogP contribution < -0.4 is 10.1 Å². The Kier molecular flexibility index (Phi) is 6.70. The fraction of sp³-hybridized carbons (Fsp3) is 0.381. The van der Waals surface area contributed by atoms with Crippen LogP contribution in [0.15, 0.2) is 53.4 Å². The number of nitrogens with one attached hydrogen (secondary N) is 1. The van der Waals surface area contributed by atoms with Gasteiger partial charge in [-0.05, 0) is 49.6 Å². The molecule has 0 aromatic heterocycles. The minimum absolute atomic E-state index is 0.168. The molecule has 0 unspecified atom stereocenters. The molecule has 28 heavy (non-hydrogen) atoms. The van der Waals surface area contributed by atoms with Gasteiger partial charge in [-0.2, -0.15) is 4.31 Å². The first kappa shape index (κ1) is 20.4. The lowest BCUT2D eigenvalue weighted by atomic mass is 10.2. The van der Waals surface area contributed by atoms with E-state index in [1.165, 1.54) is 16.4 Å². The van der Waals surface area contributed by atoms with Crippen molar-refractivity contribution in [3.8, 4) is 11.5 Å². The van der Waals surface area contributed by atoms with Crippen molar-refractivity contribution >= 4 is 21.6 Å². The summed E-state index contributed by atoms with van der Waals surface area (Å²) < 4.78 is 33.4. The molecule has 1 heterocycles. The molecule has 1 aliphatic rings. The molecule has 0 radical (unpaired) electrons. The van der Waals surface area contributed by atoms with E-state index in [-0.39, 0.29) is 10.8 Å². The Morgan fingerprint density at radius 3 is 2.46 bits per heavy atom. The Hall–Kier alpha value is -2.38. The first-order valence-electron chi connectivity index (χ1n) is 9.67. The van der Waals surface area contributed by atoms with Crippen LogP contribution in [0.4, 0.5) is 5.69 Å². The number of sulfonamides is 1. The van der Waals surface area contributed by atoms with Gasteiger partial charge < -0.3 is 10.1 Å². The van der Waals surface area contributed by atoms with Gasteiger partial charge in [-0.3, -0.25) is 4.79 Å². The summed E-state index contributed by atoms with van der Waals surface area (Å²) in [7, 11) is -3.60. The van der Waals surface area contributed by atoms with Crippen molar-refractivity contribution in [2.45, 2.75) is 43.9 Å². The maximum absolute atomic E-state index is 13.0. The van der Waals surface area contributed by atoms with Crippen LogP contribution in [0, 0.1) is 0 Å². The minimum atomic E-state index is -3.60. The number of hydrogen-bond donors (Lipinski definition) is 1. The largest absolute Gasteiger partial charge is 0.455 e. The van der Waals surface area contributed by atoms with Crippen LogP contribution >= 0.6 is 0 Å². The van der Waals surface area contributed by atoms with Crippen molar-refractivity contribution in [2.75, 3.05) is 18.4 Å². The molecule has 1 N–H and O–H groups in total. The third-order valence-corrected chi connectivity index (χ3v) is 6.52. The van der Waals surface area contributed by atoms with E-state index in [9.17, 15) is 13.2 Å². The summed E-state index contributed by atoms with van der Waals surface area (Å²) in [6.45, 7) is 2.97. The molecule has 0 atom stereocenters. The smallest absolute Gasteiger partial charge is 0.243 e. The highest BCUT2D eigenvalue weighted by Crippen LogP contribution is 2.33.